The van der Waals surface area contributed by atoms with Crippen molar-refractivity contribution in [3.8, 4) is 11.5 Å². The van der Waals surface area contributed by atoms with E-state index in [0.29, 0.717) is 11.1 Å². The molecule has 156 valence electrons. The molecule has 3 aromatic rings. The maximum absolute atomic E-state index is 12.9. The number of nitrogens with zero attached hydrogens (tertiary/aromatic N) is 4. The molecule has 1 aromatic heterocycles. The number of aromatic nitrogens is 2. The van der Waals surface area contributed by atoms with Crippen molar-refractivity contribution in [1.82, 2.24) is 20.0 Å². The van der Waals surface area contributed by atoms with Gasteiger partial charge in [-0.15, -0.1) is 10.2 Å². The van der Waals surface area contributed by atoms with Crippen molar-refractivity contribution < 1.29 is 9.21 Å². The van der Waals surface area contributed by atoms with Gasteiger partial charge in [-0.2, -0.15) is 0 Å². The fourth-order valence-electron chi connectivity index (χ4n) is 3.43. The molecule has 8 heteroatoms. The highest BCUT2D eigenvalue weighted by Crippen LogP contribution is 2.30. The Balaban J connectivity index is 1.30. The Morgan fingerprint density at radius 2 is 1.77 bits per heavy atom. The minimum atomic E-state index is -0.279. The van der Waals surface area contributed by atoms with Crippen molar-refractivity contribution in [1.29, 1.82) is 0 Å². The number of carbonyl (C=O) groups is 1. The summed E-state index contributed by atoms with van der Waals surface area (Å²) in [5.74, 6) is 0.555. The average Bonchev–Trinajstić information content (AvgIpc) is 3.23. The third-order valence-corrected chi connectivity index (χ3v) is 6.68. The minimum Gasteiger partial charge on any atom is -0.411 e. The van der Waals surface area contributed by atoms with Crippen LogP contribution in [-0.2, 0) is 11.3 Å². The highest BCUT2D eigenvalue weighted by molar-refractivity contribution is 9.10. The van der Waals surface area contributed by atoms with Gasteiger partial charge in [0.25, 0.3) is 5.22 Å². The first kappa shape index (κ1) is 21.1. The molecule has 1 atom stereocenters. The van der Waals surface area contributed by atoms with Gasteiger partial charge in [-0.25, -0.2) is 0 Å². The first-order valence-electron chi connectivity index (χ1n) is 9.90. The number of hydrogen-bond donors (Lipinski definition) is 0. The number of halogens is 1. The quantitative estimate of drug-likeness (QED) is 0.483. The Morgan fingerprint density at radius 3 is 2.50 bits per heavy atom. The summed E-state index contributed by atoms with van der Waals surface area (Å²) >= 11 is 4.80. The van der Waals surface area contributed by atoms with Gasteiger partial charge >= 0.3 is 0 Å². The van der Waals surface area contributed by atoms with Gasteiger partial charge in [-0.3, -0.25) is 9.69 Å². The smallest absolute Gasteiger partial charge is 0.277 e. The monoisotopic (exact) mass is 486 g/mol. The Bertz CT molecular complexity index is 990. The van der Waals surface area contributed by atoms with Crippen LogP contribution in [0.3, 0.4) is 0 Å². The van der Waals surface area contributed by atoms with Gasteiger partial charge in [0, 0.05) is 37.2 Å². The minimum absolute atomic E-state index is 0.111. The van der Waals surface area contributed by atoms with Crippen LogP contribution in [0, 0.1) is 0 Å². The highest BCUT2D eigenvalue weighted by Gasteiger charge is 2.27. The van der Waals surface area contributed by atoms with E-state index in [2.05, 4.69) is 55.3 Å². The number of hydrogen-bond acceptors (Lipinski definition) is 6. The molecule has 6 nitrogen and oxygen atoms in total. The first-order chi connectivity index (χ1) is 14.6. The van der Waals surface area contributed by atoms with Gasteiger partial charge in [-0.05, 0) is 40.5 Å². The molecule has 1 aliphatic rings. The molecule has 2 aromatic carbocycles. The van der Waals surface area contributed by atoms with Crippen molar-refractivity contribution in [3.05, 3.63) is 64.6 Å². The Labute approximate surface area is 188 Å². The molecule has 0 saturated carbocycles. The van der Waals surface area contributed by atoms with E-state index in [1.807, 2.05) is 42.2 Å². The third kappa shape index (κ3) is 5.11. The average molecular weight is 487 g/mol. The van der Waals surface area contributed by atoms with Crippen LogP contribution >= 0.6 is 27.7 Å². The largest absolute Gasteiger partial charge is 0.411 e. The normalized spacial score (nSPS) is 15.9. The molecule has 0 radical (unpaired) electrons. The second-order valence-electron chi connectivity index (χ2n) is 7.20. The number of rotatable bonds is 6. The summed E-state index contributed by atoms with van der Waals surface area (Å²) in [6.45, 7) is 6.05. The van der Waals surface area contributed by atoms with E-state index in [1.165, 1.54) is 17.3 Å². The lowest BCUT2D eigenvalue weighted by molar-refractivity contribution is -0.132. The molecule has 0 aliphatic carbocycles. The van der Waals surface area contributed by atoms with Crippen LogP contribution < -0.4 is 0 Å². The molecule has 0 spiro atoms. The number of carbonyl (C=O) groups excluding carboxylic acids is 1. The summed E-state index contributed by atoms with van der Waals surface area (Å²) < 4.78 is 6.67. The maximum atomic E-state index is 12.9. The summed E-state index contributed by atoms with van der Waals surface area (Å²) in [5.41, 5.74) is 2.14. The van der Waals surface area contributed by atoms with Gasteiger partial charge in [0.2, 0.25) is 11.8 Å². The van der Waals surface area contributed by atoms with E-state index < -0.39 is 0 Å². The standard InChI is InChI=1S/C22H23BrN4O2S/c1-16(30-22-25-24-20(29-22)18-9-5-6-10-19(18)23)21(28)27-13-11-26(12-14-27)15-17-7-3-2-4-8-17/h2-10,16H,11-15H2,1H3/t16-/m0/s1. The topological polar surface area (TPSA) is 62.5 Å². The second-order valence-corrected chi connectivity index (χ2v) is 9.35. The van der Waals surface area contributed by atoms with Crippen LogP contribution in [0.4, 0.5) is 0 Å². The summed E-state index contributed by atoms with van der Waals surface area (Å²) in [6, 6.07) is 18.1. The molecule has 0 N–H and O–H groups in total. The molecular weight excluding hydrogens is 464 g/mol. The van der Waals surface area contributed by atoms with E-state index in [1.54, 1.807) is 0 Å². The lowest BCUT2D eigenvalue weighted by atomic mass is 10.2. The maximum Gasteiger partial charge on any atom is 0.277 e. The predicted octanol–water partition coefficient (Wildman–Crippen LogP) is 4.32. The van der Waals surface area contributed by atoms with Crippen LogP contribution in [0.25, 0.3) is 11.5 Å². The van der Waals surface area contributed by atoms with E-state index >= 15 is 0 Å². The SMILES string of the molecule is C[C@H](Sc1nnc(-c2ccccc2Br)o1)C(=O)N1CCN(Cc2ccccc2)CC1. The summed E-state index contributed by atoms with van der Waals surface area (Å²) in [5, 5.41) is 8.36. The van der Waals surface area contributed by atoms with E-state index in [4.69, 9.17) is 4.42 Å². The van der Waals surface area contributed by atoms with Crippen molar-refractivity contribution >= 4 is 33.6 Å². The summed E-state index contributed by atoms with van der Waals surface area (Å²) in [4.78, 5) is 17.2. The van der Waals surface area contributed by atoms with E-state index in [9.17, 15) is 4.79 Å². The van der Waals surface area contributed by atoms with E-state index in [-0.39, 0.29) is 11.2 Å². The molecule has 0 unspecified atom stereocenters. The molecule has 1 amide bonds. The number of piperazine rings is 1. The predicted molar refractivity (Wildman–Crippen MR) is 121 cm³/mol. The number of benzene rings is 2. The lowest BCUT2D eigenvalue weighted by Crippen LogP contribution is -2.50. The second kappa shape index (κ2) is 9.76. The van der Waals surface area contributed by atoms with Crippen LogP contribution in [0.2, 0.25) is 0 Å². The fourth-order valence-corrected chi connectivity index (χ4v) is 4.65. The van der Waals surface area contributed by atoms with Crippen LogP contribution in [0.1, 0.15) is 12.5 Å². The van der Waals surface area contributed by atoms with Crippen molar-refractivity contribution in [3.63, 3.8) is 0 Å². The Morgan fingerprint density at radius 1 is 1.07 bits per heavy atom. The van der Waals surface area contributed by atoms with Gasteiger partial charge in [-0.1, -0.05) is 54.2 Å². The summed E-state index contributed by atoms with van der Waals surface area (Å²) in [6.07, 6.45) is 0. The zero-order valence-electron chi connectivity index (χ0n) is 16.7. The molecule has 4 rings (SSSR count). The van der Waals surface area contributed by atoms with Crippen LogP contribution in [0.5, 0.6) is 0 Å². The molecule has 1 aliphatic heterocycles. The van der Waals surface area contributed by atoms with Gasteiger partial charge in [0.05, 0.1) is 10.8 Å². The van der Waals surface area contributed by atoms with Crippen LogP contribution in [-0.4, -0.2) is 57.3 Å². The lowest BCUT2D eigenvalue weighted by Gasteiger charge is -2.35. The third-order valence-electron chi connectivity index (χ3n) is 5.07. The number of amides is 1. The van der Waals surface area contributed by atoms with Crippen molar-refractivity contribution in [2.75, 3.05) is 26.2 Å². The summed E-state index contributed by atoms with van der Waals surface area (Å²) in [7, 11) is 0. The van der Waals surface area contributed by atoms with Crippen molar-refractivity contribution in [2.24, 2.45) is 0 Å². The van der Waals surface area contributed by atoms with E-state index in [0.717, 1.165) is 42.8 Å². The van der Waals surface area contributed by atoms with Gasteiger partial charge < -0.3 is 9.32 Å². The fraction of sp³-hybridized carbons (Fsp3) is 0.318. The zero-order valence-corrected chi connectivity index (χ0v) is 19.1. The molecule has 1 saturated heterocycles. The van der Waals surface area contributed by atoms with Gasteiger partial charge in [0.1, 0.15) is 0 Å². The van der Waals surface area contributed by atoms with Gasteiger partial charge in [0.15, 0.2) is 0 Å². The number of thioether (sulfide) groups is 1. The molecule has 30 heavy (non-hydrogen) atoms. The Kier molecular flexibility index (Phi) is 6.86. The molecule has 0 bridgehead atoms. The Hall–Kier alpha value is -2.16. The van der Waals surface area contributed by atoms with Crippen molar-refractivity contribution in [2.45, 2.75) is 23.9 Å². The molecule has 1 fully saturated rings. The molecule has 2 heterocycles. The van der Waals surface area contributed by atoms with Crippen LogP contribution in [0.15, 0.2) is 68.7 Å². The zero-order chi connectivity index (χ0) is 20.9. The highest BCUT2D eigenvalue weighted by atomic mass is 79.9. The first-order valence-corrected chi connectivity index (χ1v) is 11.6. The molecular formula is C22H23BrN4O2S.